The van der Waals surface area contributed by atoms with E-state index in [0.29, 0.717) is 13.0 Å². The molecular formula is C13H26N2O. The Morgan fingerprint density at radius 2 is 2.00 bits per heavy atom. The van der Waals surface area contributed by atoms with Crippen LogP contribution in [0.4, 0.5) is 0 Å². The standard InChI is InChI=1S/C13H26N2O/c1-13(2,3)9-12(16)15-8-6-4-5-7-11(15)10-14/h11H,4-10,14H2,1-3H3. The van der Waals surface area contributed by atoms with Crippen molar-refractivity contribution >= 4 is 5.91 Å². The first kappa shape index (κ1) is 13.5. The van der Waals surface area contributed by atoms with Gasteiger partial charge in [-0.05, 0) is 18.3 Å². The molecule has 1 aliphatic heterocycles. The molecule has 1 unspecified atom stereocenters. The SMILES string of the molecule is CC(C)(C)CC(=O)N1CCCCCC1CN. The summed E-state index contributed by atoms with van der Waals surface area (Å²) in [6.07, 6.45) is 5.28. The van der Waals surface area contributed by atoms with Gasteiger partial charge in [0.25, 0.3) is 0 Å². The Hall–Kier alpha value is -0.570. The first-order valence-corrected chi connectivity index (χ1v) is 6.43. The van der Waals surface area contributed by atoms with Gasteiger partial charge in [-0.15, -0.1) is 0 Å². The Labute approximate surface area is 99.4 Å². The average molecular weight is 226 g/mol. The zero-order chi connectivity index (χ0) is 12.2. The van der Waals surface area contributed by atoms with E-state index in [2.05, 4.69) is 20.8 Å². The fourth-order valence-electron chi connectivity index (χ4n) is 2.31. The molecule has 1 saturated heterocycles. The fourth-order valence-corrected chi connectivity index (χ4v) is 2.31. The topological polar surface area (TPSA) is 46.3 Å². The summed E-state index contributed by atoms with van der Waals surface area (Å²) in [6, 6.07) is 0.275. The van der Waals surface area contributed by atoms with Crippen LogP contribution in [-0.4, -0.2) is 29.9 Å². The number of carbonyl (C=O) groups is 1. The monoisotopic (exact) mass is 226 g/mol. The maximum atomic E-state index is 12.2. The molecule has 0 aromatic heterocycles. The minimum atomic E-state index is 0.0720. The van der Waals surface area contributed by atoms with E-state index >= 15 is 0 Å². The van der Waals surface area contributed by atoms with E-state index in [1.807, 2.05) is 4.90 Å². The van der Waals surface area contributed by atoms with Crippen molar-refractivity contribution in [3.05, 3.63) is 0 Å². The number of amides is 1. The quantitative estimate of drug-likeness (QED) is 0.784. The summed E-state index contributed by atoms with van der Waals surface area (Å²) in [5, 5.41) is 0. The Morgan fingerprint density at radius 3 is 2.56 bits per heavy atom. The molecule has 0 saturated carbocycles. The molecule has 1 rings (SSSR count). The van der Waals surface area contributed by atoms with Crippen molar-refractivity contribution in [1.82, 2.24) is 4.90 Å². The minimum Gasteiger partial charge on any atom is -0.338 e. The molecule has 94 valence electrons. The number of carbonyl (C=O) groups excluding carboxylic acids is 1. The summed E-state index contributed by atoms with van der Waals surface area (Å²) >= 11 is 0. The van der Waals surface area contributed by atoms with Crippen LogP contribution in [0.2, 0.25) is 0 Å². The number of nitrogens with two attached hydrogens (primary N) is 1. The maximum Gasteiger partial charge on any atom is 0.223 e. The van der Waals surface area contributed by atoms with Crippen molar-refractivity contribution in [3.63, 3.8) is 0 Å². The van der Waals surface area contributed by atoms with E-state index in [1.165, 1.54) is 12.8 Å². The van der Waals surface area contributed by atoms with E-state index in [0.717, 1.165) is 19.4 Å². The van der Waals surface area contributed by atoms with Gasteiger partial charge in [0.05, 0.1) is 0 Å². The molecule has 1 heterocycles. The second-order valence-electron chi connectivity index (χ2n) is 6.06. The predicted octanol–water partition coefficient (Wildman–Crippen LogP) is 2.15. The number of hydrogen-bond acceptors (Lipinski definition) is 2. The molecule has 1 atom stereocenters. The third-order valence-electron chi connectivity index (χ3n) is 3.15. The highest BCUT2D eigenvalue weighted by atomic mass is 16.2. The largest absolute Gasteiger partial charge is 0.338 e. The summed E-state index contributed by atoms with van der Waals surface area (Å²) < 4.78 is 0. The number of hydrogen-bond donors (Lipinski definition) is 1. The molecule has 16 heavy (non-hydrogen) atoms. The number of nitrogens with zero attached hydrogens (tertiary/aromatic N) is 1. The maximum absolute atomic E-state index is 12.2. The number of likely N-dealkylation sites (tertiary alicyclic amines) is 1. The second-order valence-corrected chi connectivity index (χ2v) is 6.06. The average Bonchev–Trinajstić information content (AvgIpc) is 2.39. The molecule has 3 heteroatoms. The van der Waals surface area contributed by atoms with Gasteiger partial charge in [-0.1, -0.05) is 33.6 Å². The highest BCUT2D eigenvalue weighted by Gasteiger charge is 2.27. The van der Waals surface area contributed by atoms with Crippen LogP contribution in [0.25, 0.3) is 0 Å². The van der Waals surface area contributed by atoms with Crippen molar-refractivity contribution in [1.29, 1.82) is 0 Å². The zero-order valence-electron chi connectivity index (χ0n) is 11.0. The lowest BCUT2D eigenvalue weighted by Gasteiger charge is -2.31. The van der Waals surface area contributed by atoms with Gasteiger partial charge >= 0.3 is 0 Å². The molecule has 0 aromatic carbocycles. The van der Waals surface area contributed by atoms with E-state index in [4.69, 9.17) is 5.73 Å². The van der Waals surface area contributed by atoms with Crippen LogP contribution in [0, 0.1) is 5.41 Å². The Morgan fingerprint density at radius 1 is 1.31 bits per heavy atom. The van der Waals surface area contributed by atoms with Crippen LogP contribution in [-0.2, 0) is 4.79 Å². The summed E-state index contributed by atoms with van der Waals surface area (Å²) in [5.74, 6) is 0.282. The Balaban J connectivity index is 2.63. The normalized spacial score (nSPS) is 23.0. The van der Waals surface area contributed by atoms with E-state index in [-0.39, 0.29) is 17.4 Å². The van der Waals surface area contributed by atoms with Crippen molar-refractivity contribution in [2.45, 2.75) is 58.9 Å². The van der Waals surface area contributed by atoms with E-state index in [9.17, 15) is 4.79 Å². The lowest BCUT2D eigenvalue weighted by atomic mass is 9.91. The van der Waals surface area contributed by atoms with Crippen LogP contribution in [0.15, 0.2) is 0 Å². The molecule has 0 bridgehead atoms. The lowest BCUT2D eigenvalue weighted by Crippen LogP contribution is -2.45. The van der Waals surface area contributed by atoms with Gasteiger partial charge < -0.3 is 10.6 Å². The van der Waals surface area contributed by atoms with Gasteiger partial charge in [0.1, 0.15) is 0 Å². The smallest absolute Gasteiger partial charge is 0.223 e. The zero-order valence-corrected chi connectivity index (χ0v) is 11.0. The molecule has 1 fully saturated rings. The predicted molar refractivity (Wildman–Crippen MR) is 67.1 cm³/mol. The van der Waals surface area contributed by atoms with Gasteiger partial charge in [-0.2, -0.15) is 0 Å². The van der Waals surface area contributed by atoms with Crippen LogP contribution in [0.3, 0.4) is 0 Å². The number of rotatable bonds is 2. The molecular weight excluding hydrogens is 200 g/mol. The Kier molecular flexibility index (Phi) is 4.78. The minimum absolute atomic E-state index is 0.0720. The van der Waals surface area contributed by atoms with Crippen LogP contribution in [0.5, 0.6) is 0 Å². The summed E-state index contributed by atoms with van der Waals surface area (Å²) in [7, 11) is 0. The van der Waals surface area contributed by atoms with Crippen molar-refractivity contribution in [3.8, 4) is 0 Å². The van der Waals surface area contributed by atoms with Crippen LogP contribution in [0.1, 0.15) is 52.9 Å². The summed E-state index contributed by atoms with van der Waals surface area (Å²) in [6.45, 7) is 7.84. The molecule has 0 aliphatic carbocycles. The first-order chi connectivity index (χ1) is 7.44. The third kappa shape index (κ3) is 4.12. The Bertz CT molecular complexity index is 233. The molecule has 3 nitrogen and oxygen atoms in total. The van der Waals surface area contributed by atoms with Gasteiger partial charge in [0.2, 0.25) is 5.91 Å². The molecule has 0 aromatic rings. The molecule has 1 aliphatic rings. The first-order valence-electron chi connectivity index (χ1n) is 6.43. The van der Waals surface area contributed by atoms with Crippen molar-refractivity contribution in [2.24, 2.45) is 11.1 Å². The highest BCUT2D eigenvalue weighted by Crippen LogP contribution is 2.23. The van der Waals surface area contributed by atoms with Gasteiger partial charge in [-0.25, -0.2) is 0 Å². The molecule has 1 amide bonds. The van der Waals surface area contributed by atoms with Crippen LogP contribution >= 0.6 is 0 Å². The summed E-state index contributed by atoms with van der Waals surface area (Å²) in [5.41, 5.74) is 5.84. The molecule has 0 spiro atoms. The van der Waals surface area contributed by atoms with Crippen molar-refractivity contribution < 1.29 is 4.79 Å². The van der Waals surface area contributed by atoms with E-state index < -0.39 is 0 Å². The third-order valence-corrected chi connectivity index (χ3v) is 3.15. The van der Waals surface area contributed by atoms with Crippen LogP contribution < -0.4 is 5.73 Å². The second kappa shape index (κ2) is 5.67. The van der Waals surface area contributed by atoms with Gasteiger partial charge in [0, 0.05) is 25.6 Å². The van der Waals surface area contributed by atoms with E-state index in [1.54, 1.807) is 0 Å². The highest BCUT2D eigenvalue weighted by molar-refractivity contribution is 5.77. The van der Waals surface area contributed by atoms with Gasteiger partial charge in [0.15, 0.2) is 0 Å². The van der Waals surface area contributed by atoms with Crippen molar-refractivity contribution in [2.75, 3.05) is 13.1 Å². The molecule has 0 radical (unpaired) electrons. The molecule has 2 N–H and O–H groups in total. The van der Waals surface area contributed by atoms with Gasteiger partial charge in [-0.3, -0.25) is 4.79 Å². The fraction of sp³-hybridized carbons (Fsp3) is 0.923. The summed E-state index contributed by atoms with van der Waals surface area (Å²) in [4.78, 5) is 14.2. The lowest BCUT2D eigenvalue weighted by molar-refractivity contribution is -0.135.